The molecule has 80 valence electrons. The fraction of sp³-hybridized carbons (Fsp3) is 0.125. The maximum absolute atomic E-state index is 12.7. The van der Waals surface area contributed by atoms with Crippen LogP contribution in [0.2, 0.25) is 0 Å². The highest BCUT2D eigenvalue weighted by molar-refractivity contribution is 14.1. The number of aromatic nitrogens is 2. The summed E-state index contributed by atoms with van der Waals surface area (Å²) in [5.41, 5.74) is -0.464. The molecule has 0 saturated carbocycles. The zero-order valence-electron chi connectivity index (χ0n) is 7.02. The second kappa shape index (κ2) is 3.62. The third kappa shape index (κ3) is 1.86. The van der Waals surface area contributed by atoms with Gasteiger partial charge in [-0.1, -0.05) is 0 Å². The van der Waals surface area contributed by atoms with E-state index in [0.717, 1.165) is 4.40 Å². The average molecular weight is 391 g/mol. The molecule has 0 atom stereocenters. The van der Waals surface area contributed by atoms with Crippen LogP contribution in [-0.2, 0) is 6.18 Å². The first-order valence-electron chi connectivity index (χ1n) is 3.80. The molecule has 2 rings (SSSR count). The third-order valence-corrected chi connectivity index (χ3v) is 3.20. The summed E-state index contributed by atoms with van der Waals surface area (Å²) in [4.78, 5) is 3.86. The van der Waals surface area contributed by atoms with Crippen LogP contribution in [0.4, 0.5) is 13.2 Å². The minimum Gasteiger partial charge on any atom is -0.294 e. The highest BCUT2D eigenvalue weighted by Gasteiger charge is 2.37. The van der Waals surface area contributed by atoms with Crippen molar-refractivity contribution in [3.8, 4) is 0 Å². The molecule has 2 heterocycles. The average Bonchev–Trinajstić information content (AvgIpc) is 2.41. The van der Waals surface area contributed by atoms with Gasteiger partial charge in [-0.25, -0.2) is 4.98 Å². The molecule has 2 aromatic rings. The number of hydrogen-bond donors (Lipinski definition) is 0. The molecule has 0 amide bonds. The molecule has 0 radical (unpaired) electrons. The Labute approximate surface area is 105 Å². The predicted octanol–water partition coefficient (Wildman–Crippen LogP) is 3.72. The topological polar surface area (TPSA) is 17.3 Å². The second-order valence-corrected chi connectivity index (χ2v) is 4.67. The lowest BCUT2D eigenvalue weighted by atomic mass is 10.4. The van der Waals surface area contributed by atoms with Gasteiger partial charge in [0.25, 0.3) is 0 Å². The maximum Gasteiger partial charge on any atom is 0.434 e. The van der Waals surface area contributed by atoms with Gasteiger partial charge in [0.2, 0.25) is 0 Å². The largest absolute Gasteiger partial charge is 0.434 e. The van der Waals surface area contributed by atoms with E-state index in [0.29, 0.717) is 4.47 Å². The summed E-state index contributed by atoms with van der Waals surface area (Å²) in [5.74, 6) is 0. The second-order valence-electron chi connectivity index (χ2n) is 2.80. The van der Waals surface area contributed by atoms with Crippen LogP contribution in [0.1, 0.15) is 5.69 Å². The van der Waals surface area contributed by atoms with Gasteiger partial charge in [-0.05, 0) is 50.7 Å². The Morgan fingerprint density at radius 2 is 2.07 bits per heavy atom. The SMILES string of the molecule is FC(F)(F)c1c(I)nc2c(Br)cccn12. The van der Waals surface area contributed by atoms with Gasteiger partial charge in [-0.3, -0.25) is 4.40 Å². The standard InChI is InChI=1S/C8H3BrF3IN2/c9-4-2-1-3-15-5(8(10,11)12)6(13)14-7(4)15/h1-3H. The summed E-state index contributed by atoms with van der Waals surface area (Å²) in [7, 11) is 0. The molecule has 0 unspecified atom stereocenters. The Balaban J connectivity index is 2.86. The molecule has 0 aromatic carbocycles. The zero-order chi connectivity index (χ0) is 11.2. The first-order valence-corrected chi connectivity index (χ1v) is 5.67. The van der Waals surface area contributed by atoms with Crippen LogP contribution in [0.3, 0.4) is 0 Å². The predicted molar refractivity (Wildman–Crippen MR) is 60.6 cm³/mol. The molecule has 0 aliphatic heterocycles. The van der Waals surface area contributed by atoms with Gasteiger partial charge in [-0.15, -0.1) is 0 Å². The van der Waals surface area contributed by atoms with Crippen molar-refractivity contribution >= 4 is 44.2 Å². The molecular weight excluding hydrogens is 388 g/mol. The molecule has 0 saturated heterocycles. The minimum absolute atomic E-state index is 0.0491. The van der Waals surface area contributed by atoms with Gasteiger partial charge in [0, 0.05) is 6.20 Å². The molecule has 0 aliphatic rings. The van der Waals surface area contributed by atoms with E-state index in [4.69, 9.17) is 0 Å². The van der Waals surface area contributed by atoms with Gasteiger partial charge >= 0.3 is 6.18 Å². The Morgan fingerprint density at radius 3 is 2.67 bits per heavy atom. The van der Waals surface area contributed by atoms with Crippen LogP contribution in [0.15, 0.2) is 22.8 Å². The molecule has 2 nitrogen and oxygen atoms in total. The molecule has 0 fully saturated rings. The van der Waals surface area contributed by atoms with Crippen LogP contribution in [-0.4, -0.2) is 9.38 Å². The van der Waals surface area contributed by atoms with Crippen LogP contribution >= 0.6 is 38.5 Å². The molecule has 15 heavy (non-hydrogen) atoms. The first kappa shape index (κ1) is 11.2. The Kier molecular flexibility index (Phi) is 2.70. The summed E-state index contributed by atoms with van der Waals surface area (Å²) in [6.45, 7) is 0. The van der Waals surface area contributed by atoms with Crippen molar-refractivity contribution in [1.82, 2.24) is 9.38 Å². The Bertz CT molecular complexity index is 520. The summed E-state index contributed by atoms with van der Waals surface area (Å²) < 4.78 is 39.5. The minimum atomic E-state index is -4.39. The normalized spacial score (nSPS) is 12.3. The quantitative estimate of drug-likeness (QED) is 0.627. The van der Waals surface area contributed by atoms with Crippen LogP contribution in [0, 0.1) is 3.70 Å². The summed E-state index contributed by atoms with van der Waals surface area (Å²) in [6, 6.07) is 3.18. The number of alkyl halides is 3. The van der Waals surface area contributed by atoms with Gasteiger partial charge in [0.1, 0.15) is 3.70 Å². The number of imidazole rings is 1. The van der Waals surface area contributed by atoms with Crippen molar-refractivity contribution in [2.24, 2.45) is 0 Å². The molecule has 0 spiro atoms. The van der Waals surface area contributed by atoms with Crippen LogP contribution in [0.5, 0.6) is 0 Å². The van der Waals surface area contributed by atoms with E-state index >= 15 is 0 Å². The summed E-state index contributed by atoms with van der Waals surface area (Å²) in [6.07, 6.45) is -3.05. The Morgan fingerprint density at radius 1 is 1.40 bits per heavy atom. The lowest BCUT2D eigenvalue weighted by Crippen LogP contribution is -2.10. The highest BCUT2D eigenvalue weighted by atomic mass is 127. The molecule has 0 N–H and O–H groups in total. The number of hydrogen-bond acceptors (Lipinski definition) is 1. The molecule has 7 heteroatoms. The maximum atomic E-state index is 12.7. The first-order chi connectivity index (χ1) is 6.91. The molecular formula is C8H3BrF3IN2. The molecule has 0 aliphatic carbocycles. The number of fused-ring (bicyclic) bond motifs is 1. The zero-order valence-corrected chi connectivity index (χ0v) is 10.8. The van der Waals surface area contributed by atoms with E-state index < -0.39 is 11.9 Å². The van der Waals surface area contributed by atoms with Crippen LogP contribution < -0.4 is 0 Å². The van der Waals surface area contributed by atoms with Crippen molar-refractivity contribution in [3.05, 3.63) is 32.2 Å². The van der Waals surface area contributed by atoms with E-state index in [1.807, 2.05) is 0 Å². The van der Waals surface area contributed by atoms with Crippen molar-refractivity contribution in [1.29, 1.82) is 0 Å². The van der Waals surface area contributed by atoms with E-state index in [-0.39, 0.29) is 9.35 Å². The lowest BCUT2D eigenvalue weighted by molar-refractivity contribution is -0.142. The fourth-order valence-corrected chi connectivity index (χ4v) is 2.49. The smallest absolute Gasteiger partial charge is 0.294 e. The third-order valence-electron chi connectivity index (χ3n) is 1.83. The number of nitrogens with zero attached hydrogens (tertiary/aromatic N) is 2. The number of rotatable bonds is 0. The highest BCUT2D eigenvalue weighted by Crippen LogP contribution is 2.34. The Hall–Kier alpha value is -0.310. The van der Waals surface area contributed by atoms with Gasteiger partial charge < -0.3 is 0 Å². The summed E-state index contributed by atoms with van der Waals surface area (Å²) >= 11 is 4.74. The fourth-order valence-electron chi connectivity index (χ4n) is 1.26. The monoisotopic (exact) mass is 390 g/mol. The summed E-state index contributed by atoms with van der Waals surface area (Å²) in [5, 5.41) is 0. The van der Waals surface area contributed by atoms with Crippen molar-refractivity contribution < 1.29 is 13.2 Å². The lowest BCUT2D eigenvalue weighted by Gasteiger charge is -2.06. The van der Waals surface area contributed by atoms with E-state index in [1.54, 1.807) is 28.7 Å². The number of halogens is 5. The van der Waals surface area contributed by atoms with Crippen molar-refractivity contribution in [3.63, 3.8) is 0 Å². The van der Waals surface area contributed by atoms with Gasteiger partial charge in [0.05, 0.1) is 4.47 Å². The van der Waals surface area contributed by atoms with Gasteiger partial charge in [0.15, 0.2) is 11.3 Å². The molecule has 0 bridgehead atoms. The van der Waals surface area contributed by atoms with Crippen LogP contribution in [0.25, 0.3) is 5.65 Å². The molecule has 2 aromatic heterocycles. The van der Waals surface area contributed by atoms with Crippen molar-refractivity contribution in [2.45, 2.75) is 6.18 Å². The van der Waals surface area contributed by atoms with E-state index in [2.05, 4.69) is 20.9 Å². The van der Waals surface area contributed by atoms with E-state index in [1.165, 1.54) is 12.3 Å². The van der Waals surface area contributed by atoms with E-state index in [9.17, 15) is 13.2 Å². The van der Waals surface area contributed by atoms with Gasteiger partial charge in [-0.2, -0.15) is 13.2 Å². The number of pyridine rings is 1. The van der Waals surface area contributed by atoms with Crippen molar-refractivity contribution in [2.75, 3.05) is 0 Å².